The third-order valence-electron chi connectivity index (χ3n) is 3.88. The second-order valence-corrected chi connectivity index (χ2v) is 5.98. The van der Waals surface area contributed by atoms with Crippen molar-refractivity contribution in [3.63, 3.8) is 0 Å². The van der Waals surface area contributed by atoms with Crippen LogP contribution >= 0.6 is 0 Å². The molecule has 3 N–H and O–H groups in total. The summed E-state index contributed by atoms with van der Waals surface area (Å²) >= 11 is 0. The van der Waals surface area contributed by atoms with E-state index in [2.05, 4.69) is 24.1 Å². The Morgan fingerprint density at radius 2 is 1.96 bits per heavy atom. The first-order chi connectivity index (χ1) is 11.0. The summed E-state index contributed by atoms with van der Waals surface area (Å²) < 4.78 is 5.59. The quantitative estimate of drug-likeness (QED) is 0.734. The van der Waals surface area contributed by atoms with Gasteiger partial charge in [-0.1, -0.05) is 26.8 Å². The van der Waals surface area contributed by atoms with Crippen molar-refractivity contribution in [2.45, 2.75) is 52.3 Å². The molecule has 5 nitrogen and oxygen atoms in total. The lowest BCUT2D eigenvalue weighted by Gasteiger charge is -2.26. The number of aliphatic hydroxyl groups is 1. The van der Waals surface area contributed by atoms with Gasteiger partial charge in [-0.3, -0.25) is 4.79 Å². The summed E-state index contributed by atoms with van der Waals surface area (Å²) in [6, 6.07) is 7.14. The maximum absolute atomic E-state index is 11.7. The number of benzene rings is 1. The number of pyridine rings is 1. The average Bonchev–Trinajstić information content (AvgIpc) is 2.52. The van der Waals surface area contributed by atoms with Crippen LogP contribution in [0.15, 0.2) is 29.1 Å². The number of hydrogen-bond acceptors (Lipinski definition) is 4. The van der Waals surface area contributed by atoms with Crippen LogP contribution in [0.1, 0.15) is 45.8 Å². The van der Waals surface area contributed by atoms with Crippen LogP contribution in [-0.2, 0) is 0 Å². The van der Waals surface area contributed by atoms with E-state index in [4.69, 9.17) is 4.74 Å². The lowest BCUT2D eigenvalue weighted by atomic mass is 9.95. The Hall–Kier alpha value is -1.85. The van der Waals surface area contributed by atoms with Crippen molar-refractivity contribution in [2.75, 3.05) is 6.61 Å². The summed E-state index contributed by atoms with van der Waals surface area (Å²) in [7, 11) is 0. The minimum absolute atomic E-state index is 0.0527. The normalized spacial score (nSPS) is 14.2. The Morgan fingerprint density at radius 3 is 2.57 bits per heavy atom. The number of hydrogen-bond donors (Lipinski definition) is 3. The molecular formula is C18H26N2O3. The first-order valence-electron chi connectivity index (χ1n) is 8.20. The molecule has 1 aromatic heterocycles. The van der Waals surface area contributed by atoms with Gasteiger partial charge >= 0.3 is 0 Å². The highest BCUT2D eigenvalue weighted by atomic mass is 16.5. The van der Waals surface area contributed by atoms with Crippen molar-refractivity contribution in [1.29, 1.82) is 0 Å². The summed E-state index contributed by atoms with van der Waals surface area (Å²) in [5.74, 6) is 0.626. The van der Waals surface area contributed by atoms with Gasteiger partial charge in [0.25, 0.3) is 0 Å². The number of ether oxygens (including phenoxy) is 1. The summed E-state index contributed by atoms with van der Waals surface area (Å²) in [6.45, 7) is 8.57. The number of H-pyrrole nitrogens is 1. The van der Waals surface area contributed by atoms with Crippen LogP contribution in [0.2, 0.25) is 0 Å². The monoisotopic (exact) mass is 318 g/mol. The molecule has 23 heavy (non-hydrogen) atoms. The Balaban J connectivity index is 2.52. The molecule has 0 bridgehead atoms. The predicted octanol–water partition coefficient (Wildman–Crippen LogP) is 2.74. The van der Waals surface area contributed by atoms with Gasteiger partial charge in [0.2, 0.25) is 5.56 Å². The maximum Gasteiger partial charge on any atom is 0.248 e. The van der Waals surface area contributed by atoms with Crippen molar-refractivity contribution in [3.8, 4) is 5.75 Å². The highest BCUT2D eigenvalue weighted by molar-refractivity contribution is 5.87. The number of fused-ring (bicyclic) bond motifs is 1. The fourth-order valence-corrected chi connectivity index (χ4v) is 2.86. The highest BCUT2D eigenvalue weighted by Gasteiger charge is 2.22. The first kappa shape index (κ1) is 17.5. The molecule has 2 aromatic rings. The molecule has 2 atom stereocenters. The molecule has 0 fully saturated rings. The van der Waals surface area contributed by atoms with E-state index in [1.165, 1.54) is 6.07 Å². The third-order valence-corrected chi connectivity index (χ3v) is 3.88. The lowest BCUT2D eigenvalue weighted by molar-refractivity contribution is 0.123. The van der Waals surface area contributed by atoms with Gasteiger partial charge in [0.15, 0.2) is 0 Å². The lowest BCUT2D eigenvalue weighted by Crippen LogP contribution is -2.39. The van der Waals surface area contributed by atoms with Crippen LogP contribution in [0.25, 0.3) is 10.9 Å². The van der Waals surface area contributed by atoms with E-state index >= 15 is 0 Å². The minimum Gasteiger partial charge on any atom is -0.492 e. The van der Waals surface area contributed by atoms with Crippen LogP contribution in [0, 0.1) is 0 Å². The van der Waals surface area contributed by atoms with Gasteiger partial charge in [-0.05, 0) is 31.0 Å². The van der Waals surface area contributed by atoms with E-state index in [0.29, 0.717) is 17.9 Å². The smallest absolute Gasteiger partial charge is 0.248 e. The SMILES string of the molecule is CCOc1ccc(C(O)C(CC)NC(C)C)c2ccc(=O)[nH]c12. The molecule has 0 saturated carbocycles. The molecule has 1 heterocycles. The molecule has 1 aromatic carbocycles. The van der Waals surface area contributed by atoms with Gasteiger partial charge in [0, 0.05) is 23.5 Å². The Labute approximate surface area is 136 Å². The molecule has 0 saturated heterocycles. The zero-order valence-electron chi connectivity index (χ0n) is 14.2. The van der Waals surface area contributed by atoms with Gasteiger partial charge in [0.1, 0.15) is 5.75 Å². The highest BCUT2D eigenvalue weighted by Crippen LogP contribution is 2.31. The standard InChI is InChI=1S/C18H26N2O3/c1-5-14(19-11(3)4)18(22)13-7-9-15(23-6-2)17-12(13)8-10-16(21)20-17/h7-11,14,18-19,22H,5-6H2,1-4H3,(H,20,21). The van der Waals surface area contributed by atoms with Gasteiger partial charge in [0.05, 0.1) is 18.2 Å². The summed E-state index contributed by atoms with van der Waals surface area (Å²) in [4.78, 5) is 14.5. The summed E-state index contributed by atoms with van der Waals surface area (Å²) in [6.07, 6.45) is 0.142. The summed E-state index contributed by atoms with van der Waals surface area (Å²) in [5.41, 5.74) is 1.24. The Bertz CT molecular complexity index is 709. The molecule has 0 spiro atoms. The molecule has 126 valence electrons. The number of aliphatic hydroxyl groups excluding tert-OH is 1. The predicted molar refractivity (Wildman–Crippen MR) is 93.0 cm³/mol. The first-order valence-corrected chi connectivity index (χ1v) is 8.20. The van der Waals surface area contributed by atoms with Gasteiger partial charge in [-0.15, -0.1) is 0 Å². The minimum atomic E-state index is -0.661. The van der Waals surface area contributed by atoms with Crippen molar-refractivity contribution in [3.05, 3.63) is 40.2 Å². The van der Waals surface area contributed by atoms with E-state index in [9.17, 15) is 9.90 Å². The van der Waals surface area contributed by atoms with Crippen molar-refractivity contribution >= 4 is 10.9 Å². The van der Waals surface area contributed by atoms with Crippen LogP contribution in [-0.4, -0.2) is 28.8 Å². The molecule has 2 unspecified atom stereocenters. The fraction of sp³-hybridized carbons (Fsp3) is 0.500. The van der Waals surface area contributed by atoms with Crippen LogP contribution < -0.4 is 15.6 Å². The molecule has 0 aliphatic rings. The van der Waals surface area contributed by atoms with E-state index < -0.39 is 6.10 Å². The largest absolute Gasteiger partial charge is 0.492 e. The van der Waals surface area contributed by atoms with Crippen LogP contribution in [0.4, 0.5) is 0 Å². The third kappa shape index (κ3) is 3.92. The number of nitrogens with one attached hydrogen (secondary N) is 2. The zero-order chi connectivity index (χ0) is 17.0. The molecule has 2 rings (SSSR count). The summed E-state index contributed by atoms with van der Waals surface area (Å²) in [5, 5.41) is 15.0. The molecule has 0 radical (unpaired) electrons. The van der Waals surface area contributed by atoms with Gasteiger partial charge in [-0.2, -0.15) is 0 Å². The van der Waals surface area contributed by atoms with Gasteiger partial charge in [-0.25, -0.2) is 0 Å². The molecule has 0 aliphatic carbocycles. The second kappa shape index (κ2) is 7.62. The second-order valence-electron chi connectivity index (χ2n) is 5.98. The topological polar surface area (TPSA) is 74.3 Å². The van der Waals surface area contributed by atoms with Crippen LogP contribution in [0.3, 0.4) is 0 Å². The van der Waals surface area contributed by atoms with Crippen LogP contribution in [0.5, 0.6) is 5.75 Å². The Morgan fingerprint density at radius 1 is 1.22 bits per heavy atom. The number of aromatic amines is 1. The van der Waals surface area contributed by atoms with E-state index in [1.807, 2.05) is 26.0 Å². The zero-order valence-corrected chi connectivity index (χ0v) is 14.2. The Kier molecular flexibility index (Phi) is 5.80. The number of aromatic nitrogens is 1. The molecule has 0 aliphatic heterocycles. The van der Waals surface area contributed by atoms with E-state index in [1.54, 1.807) is 6.07 Å². The van der Waals surface area contributed by atoms with Crippen molar-refractivity contribution < 1.29 is 9.84 Å². The maximum atomic E-state index is 11.7. The molecule has 5 heteroatoms. The average molecular weight is 318 g/mol. The van der Waals surface area contributed by atoms with Crippen molar-refractivity contribution in [2.24, 2.45) is 0 Å². The molecule has 0 amide bonds. The molecular weight excluding hydrogens is 292 g/mol. The van der Waals surface area contributed by atoms with E-state index in [0.717, 1.165) is 17.4 Å². The fourth-order valence-electron chi connectivity index (χ4n) is 2.86. The van der Waals surface area contributed by atoms with E-state index in [-0.39, 0.29) is 17.6 Å². The van der Waals surface area contributed by atoms with Gasteiger partial charge < -0.3 is 20.1 Å². The van der Waals surface area contributed by atoms with Crippen molar-refractivity contribution in [1.82, 2.24) is 10.3 Å². The number of rotatable bonds is 7.